The molecule has 2 amide bonds. The quantitative estimate of drug-likeness (QED) is 0.305. The van der Waals surface area contributed by atoms with Crippen molar-refractivity contribution in [3.8, 4) is 0 Å². The maximum absolute atomic E-state index is 14.2. The first-order valence-electron chi connectivity index (χ1n) is 13.2. The highest BCUT2D eigenvalue weighted by Gasteiger charge is 2.34. The molecule has 1 atom stereocenters. The Morgan fingerprint density at radius 3 is 2.17 bits per heavy atom. The molecule has 0 fully saturated rings. The molecule has 0 spiro atoms. The second-order valence-corrected chi connectivity index (χ2v) is 14.0. The zero-order valence-corrected chi connectivity index (χ0v) is 26.6. The van der Waals surface area contributed by atoms with E-state index in [2.05, 4.69) is 5.32 Å². The van der Waals surface area contributed by atoms with Gasteiger partial charge in [0.15, 0.2) is 0 Å². The lowest BCUT2D eigenvalue weighted by molar-refractivity contribution is -0.140. The van der Waals surface area contributed by atoms with Crippen molar-refractivity contribution in [1.29, 1.82) is 0 Å². The van der Waals surface area contributed by atoms with Gasteiger partial charge in [0.1, 0.15) is 12.6 Å². The predicted molar refractivity (Wildman–Crippen MR) is 167 cm³/mol. The normalized spacial score (nSPS) is 12.5. The molecule has 0 saturated heterocycles. The molecule has 0 radical (unpaired) electrons. The summed E-state index contributed by atoms with van der Waals surface area (Å²) in [4.78, 5) is 29.4. The zero-order valence-electron chi connectivity index (χ0n) is 24.2. The topological polar surface area (TPSA) is 86.8 Å². The molecule has 0 saturated carbocycles. The largest absolute Gasteiger partial charge is 0.350 e. The van der Waals surface area contributed by atoms with Crippen molar-refractivity contribution < 1.29 is 18.0 Å². The zero-order chi connectivity index (χ0) is 30.5. The minimum absolute atomic E-state index is 0.0334. The van der Waals surface area contributed by atoms with Crippen molar-refractivity contribution in [1.82, 2.24) is 10.2 Å². The van der Waals surface area contributed by atoms with Gasteiger partial charge >= 0.3 is 0 Å². The fourth-order valence-corrected chi connectivity index (χ4v) is 5.90. The van der Waals surface area contributed by atoms with Crippen LogP contribution in [0.2, 0.25) is 10.0 Å². The van der Waals surface area contributed by atoms with Gasteiger partial charge in [-0.25, -0.2) is 8.42 Å². The molecule has 0 aliphatic rings. The first-order chi connectivity index (χ1) is 19.0. The third-order valence-corrected chi connectivity index (χ3v) is 8.14. The van der Waals surface area contributed by atoms with Gasteiger partial charge in [-0.1, -0.05) is 77.3 Å². The summed E-state index contributed by atoms with van der Waals surface area (Å²) in [6.45, 7) is 8.75. The second kappa shape index (κ2) is 13.3. The van der Waals surface area contributed by atoms with E-state index in [1.807, 2.05) is 64.1 Å². The highest BCUT2D eigenvalue weighted by molar-refractivity contribution is 7.92. The number of halogens is 2. The van der Waals surface area contributed by atoms with Gasteiger partial charge < -0.3 is 10.2 Å². The summed E-state index contributed by atoms with van der Waals surface area (Å²) in [5.41, 5.74) is 2.92. The minimum Gasteiger partial charge on any atom is -0.350 e. The maximum Gasteiger partial charge on any atom is 0.244 e. The van der Waals surface area contributed by atoms with E-state index in [9.17, 15) is 18.0 Å². The number of benzene rings is 3. The molecule has 1 unspecified atom stereocenters. The Morgan fingerprint density at radius 2 is 1.61 bits per heavy atom. The van der Waals surface area contributed by atoms with Gasteiger partial charge in [0.2, 0.25) is 21.8 Å². The third-order valence-electron chi connectivity index (χ3n) is 6.43. The van der Waals surface area contributed by atoms with Crippen LogP contribution < -0.4 is 9.62 Å². The molecule has 3 aromatic carbocycles. The smallest absolute Gasteiger partial charge is 0.244 e. The van der Waals surface area contributed by atoms with Gasteiger partial charge in [0, 0.05) is 28.5 Å². The van der Waals surface area contributed by atoms with Crippen LogP contribution in [-0.4, -0.2) is 49.5 Å². The second-order valence-electron chi connectivity index (χ2n) is 11.3. The molecule has 10 heteroatoms. The van der Waals surface area contributed by atoms with Crippen LogP contribution in [0.1, 0.15) is 43.0 Å². The number of amides is 2. The summed E-state index contributed by atoms with van der Waals surface area (Å²) in [5, 5.41) is 3.76. The van der Waals surface area contributed by atoms with Crippen LogP contribution in [-0.2, 0) is 32.6 Å². The molecular formula is C31H37Cl2N3O4S. The predicted octanol–water partition coefficient (Wildman–Crippen LogP) is 5.93. The molecule has 0 bridgehead atoms. The number of carbonyl (C=O) groups is 2. The van der Waals surface area contributed by atoms with Gasteiger partial charge in [-0.3, -0.25) is 13.9 Å². The van der Waals surface area contributed by atoms with Crippen LogP contribution in [0.15, 0.2) is 66.7 Å². The first kappa shape index (κ1) is 32.4. The van der Waals surface area contributed by atoms with Crippen LogP contribution in [0.4, 0.5) is 5.69 Å². The van der Waals surface area contributed by atoms with Gasteiger partial charge in [-0.15, -0.1) is 0 Å². The van der Waals surface area contributed by atoms with E-state index in [1.54, 1.807) is 37.3 Å². The number of sulfonamides is 1. The van der Waals surface area contributed by atoms with E-state index in [1.165, 1.54) is 4.90 Å². The molecule has 0 aliphatic heterocycles. The van der Waals surface area contributed by atoms with Gasteiger partial charge in [-0.2, -0.15) is 0 Å². The standard InChI is InChI=1S/C31H37Cl2N3O4S/c1-21-12-15-27(22(2)16-21)36(41(6,39)40)20-29(37)35(19-24-13-14-25(32)18-26(24)33)28(30(38)34-31(3,4)5)17-23-10-8-7-9-11-23/h7-16,18,28H,17,19-20H2,1-6H3,(H,34,38). The summed E-state index contributed by atoms with van der Waals surface area (Å²) in [6, 6.07) is 18.7. The molecule has 3 rings (SSSR count). The maximum atomic E-state index is 14.2. The molecular weight excluding hydrogens is 581 g/mol. The molecule has 0 heterocycles. The SMILES string of the molecule is Cc1ccc(N(CC(=O)N(Cc2ccc(Cl)cc2Cl)C(Cc2ccccc2)C(=O)NC(C)(C)C)S(C)(=O)=O)c(C)c1. The summed E-state index contributed by atoms with van der Waals surface area (Å²) < 4.78 is 27.1. The summed E-state index contributed by atoms with van der Waals surface area (Å²) >= 11 is 12.6. The fourth-order valence-electron chi connectivity index (χ4n) is 4.52. The van der Waals surface area contributed by atoms with Gasteiger partial charge in [0.05, 0.1) is 11.9 Å². The molecule has 41 heavy (non-hydrogen) atoms. The number of nitrogens with one attached hydrogen (secondary N) is 1. The lowest BCUT2D eigenvalue weighted by Crippen LogP contribution is -2.56. The van der Waals surface area contributed by atoms with Gasteiger partial charge in [0.25, 0.3) is 0 Å². The van der Waals surface area contributed by atoms with Crippen LogP contribution >= 0.6 is 23.2 Å². The van der Waals surface area contributed by atoms with E-state index in [4.69, 9.17) is 23.2 Å². The average molecular weight is 619 g/mol. The Morgan fingerprint density at radius 1 is 0.951 bits per heavy atom. The van der Waals surface area contributed by atoms with Crippen molar-refractivity contribution in [2.24, 2.45) is 0 Å². The van der Waals surface area contributed by atoms with E-state index in [0.717, 1.165) is 21.7 Å². The van der Waals surface area contributed by atoms with Gasteiger partial charge in [-0.05, 0) is 69.5 Å². The van der Waals surface area contributed by atoms with Crippen LogP contribution in [0.3, 0.4) is 0 Å². The number of nitrogens with zero attached hydrogens (tertiary/aromatic N) is 2. The van der Waals surface area contributed by atoms with E-state index in [0.29, 0.717) is 26.9 Å². The number of aryl methyl sites for hydroxylation is 2. The van der Waals surface area contributed by atoms with E-state index >= 15 is 0 Å². The molecule has 3 aromatic rings. The van der Waals surface area contributed by atoms with E-state index in [-0.39, 0.29) is 18.9 Å². The Hall–Kier alpha value is -3.07. The average Bonchev–Trinajstić information content (AvgIpc) is 2.85. The molecule has 1 N–H and O–H groups in total. The Labute approximate surface area is 253 Å². The van der Waals surface area contributed by atoms with Crippen molar-refractivity contribution in [2.75, 3.05) is 17.1 Å². The molecule has 220 valence electrons. The Kier molecular flexibility index (Phi) is 10.5. The molecule has 0 aromatic heterocycles. The third kappa shape index (κ3) is 9.21. The van der Waals surface area contributed by atoms with Crippen LogP contribution in [0.5, 0.6) is 0 Å². The Bertz CT molecular complexity index is 1510. The Balaban J connectivity index is 2.12. The van der Waals surface area contributed by atoms with Crippen LogP contribution in [0.25, 0.3) is 0 Å². The number of anilines is 1. The first-order valence-corrected chi connectivity index (χ1v) is 15.8. The highest BCUT2D eigenvalue weighted by Crippen LogP contribution is 2.27. The lowest BCUT2D eigenvalue weighted by atomic mass is 10.0. The highest BCUT2D eigenvalue weighted by atomic mass is 35.5. The fraction of sp³-hybridized carbons (Fsp3) is 0.355. The lowest BCUT2D eigenvalue weighted by Gasteiger charge is -2.35. The summed E-state index contributed by atoms with van der Waals surface area (Å²) in [5.74, 6) is -0.913. The summed E-state index contributed by atoms with van der Waals surface area (Å²) in [7, 11) is -3.86. The number of hydrogen-bond donors (Lipinski definition) is 1. The summed E-state index contributed by atoms with van der Waals surface area (Å²) in [6.07, 6.45) is 1.27. The number of carbonyl (C=O) groups excluding carboxylic acids is 2. The number of hydrogen-bond acceptors (Lipinski definition) is 4. The van der Waals surface area contributed by atoms with Crippen molar-refractivity contribution >= 4 is 50.7 Å². The van der Waals surface area contributed by atoms with Crippen molar-refractivity contribution in [3.05, 3.63) is 99.0 Å². The number of rotatable bonds is 10. The molecule has 7 nitrogen and oxygen atoms in total. The minimum atomic E-state index is -3.86. The monoisotopic (exact) mass is 617 g/mol. The van der Waals surface area contributed by atoms with Crippen molar-refractivity contribution in [2.45, 2.75) is 59.2 Å². The van der Waals surface area contributed by atoms with E-state index < -0.39 is 34.1 Å². The van der Waals surface area contributed by atoms with Crippen LogP contribution in [0, 0.1) is 13.8 Å². The molecule has 0 aliphatic carbocycles. The van der Waals surface area contributed by atoms with Crippen molar-refractivity contribution in [3.63, 3.8) is 0 Å².